The molecule has 4 nitrogen and oxygen atoms in total. The van der Waals surface area contributed by atoms with E-state index in [1.807, 2.05) is 0 Å². The van der Waals surface area contributed by atoms with Crippen LogP contribution in [-0.2, 0) is 9.47 Å². The second-order valence-electron chi connectivity index (χ2n) is 4.26. The van der Waals surface area contributed by atoms with Crippen molar-refractivity contribution in [3.8, 4) is 0 Å². The lowest BCUT2D eigenvalue weighted by atomic mass is 10.2. The highest BCUT2D eigenvalue weighted by Crippen LogP contribution is 2.09. The van der Waals surface area contributed by atoms with Crippen LogP contribution in [0.5, 0.6) is 0 Å². The van der Waals surface area contributed by atoms with E-state index in [1.165, 1.54) is 25.7 Å². The number of rotatable bonds is 1. The summed E-state index contributed by atoms with van der Waals surface area (Å²) in [6.07, 6.45) is 6.09. The molecule has 2 atom stereocenters. The Morgan fingerprint density at radius 2 is 1.20 bits per heavy atom. The third kappa shape index (κ3) is 3.72. The molecule has 2 unspecified atom stereocenters. The third-order valence-electron chi connectivity index (χ3n) is 2.95. The topological polar surface area (TPSA) is 42.5 Å². The van der Waals surface area contributed by atoms with Gasteiger partial charge in [-0.15, -0.1) is 0 Å². The molecule has 2 N–H and O–H groups in total. The number of ether oxygens (including phenoxy) is 2. The highest BCUT2D eigenvalue weighted by molar-refractivity contribution is 4.71. The SMILES string of the molecule is C1CCNC(C2NCCCCO2)OCC1. The molecule has 4 heteroatoms. The average molecular weight is 214 g/mol. The summed E-state index contributed by atoms with van der Waals surface area (Å²) in [5, 5.41) is 6.80. The minimum absolute atomic E-state index is 0.0309. The van der Waals surface area contributed by atoms with E-state index in [9.17, 15) is 0 Å². The molecule has 0 aromatic carbocycles. The van der Waals surface area contributed by atoms with Gasteiger partial charge in [-0.3, -0.25) is 10.6 Å². The van der Waals surface area contributed by atoms with Crippen molar-refractivity contribution in [3.63, 3.8) is 0 Å². The zero-order valence-electron chi connectivity index (χ0n) is 9.34. The first kappa shape index (κ1) is 11.3. The Hall–Kier alpha value is -0.160. The summed E-state index contributed by atoms with van der Waals surface area (Å²) in [5.74, 6) is 0. The highest BCUT2D eigenvalue weighted by atomic mass is 16.6. The molecule has 2 fully saturated rings. The molecule has 88 valence electrons. The van der Waals surface area contributed by atoms with Gasteiger partial charge in [-0.25, -0.2) is 0 Å². The number of hydrogen-bond acceptors (Lipinski definition) is 4. The number of hydrogen-bond donors (Lipinski definition) is 2. The maximum atomic E-state index is 5.78. The second kappa shape index (κ2) is 6.43. The molecule has 2 aliphatic heterocycles. The first-order valence-electron chi connectivity index (χ1n) is 6.17. The molecule has 2 heterocycles. The zero-order valence-corrected chi connectivity index (χ0v) is 9.34. The quantitative estimate of drug-likeness (QED) is 0.678. The van der Waals surface area contributed by atoms with Crippen LogP contribution in [0.1, 0.15) is 32.1 Å². The van der Waals surface area contributed by atoms with E-state index < -0.39 is 0 Å². The first-order valence-corrected chi connectivity index (χ1v) is 6.17. The van der Waals surface area contributed by atoms with Crippen molar-refractivity contribution in [2.75, 3.05) is 26.3 Å². The van der Waals surface area contributed by atoms with Gasteiger partial charge in [0.1, 0.15) is 12.5 Å². The third-order valence-corrected chi connectivity index (χ3v) is 2.95. The van der Waals surface area contributed by atoms with E-state index in [2.05, 4.69) is 10.6 Å². The standard InChI is InChI=1S/C11H22N2O2/c1-2-6-12-10(14-8-4-1)11-13-7-3-5-9-15-11/h10-13H,1-9H2. The van der Waals surface area contributed by atoms with Crippen LogP contribution in [-0.4, -0.2) is 38.8 Å². The highest BCUT2D eigenvalue weighted by Gasteiger charge is 2.23. The largest absolute Gasteiger partial charge is 0.359 e. The van der Waals surface area contributed by atoms with Crippen LogP contribution in [0.25, 0.3) is 0 Å². The average Bonchev–Trinajstić information content (AvgIpc) is 2.45. The molecule has 0 amide bonds. The molecule has 15 heavy (non-hydrogen) atoms. The van der Waals surface area contributed by atoms with Gasteiger partial charge in [-0.1, -0.05) is 0 Å². The molecule has 0 radical (unpaired) electrons. The van der Waals surface area contributed by atoms with Crippen molar-refractivity contribution < 1.29 is 9.47 Å². The minimum Gasteiger partial charge on any atom is -0.359 e. The van der Waals surface area contributed by atoms with Crippen molar-refractivity contribution in [1.82, 2.24) is 10.6 Å². The normalized spacial score (nSPS) is 35.2. The van der Waals surface area contributed by atoms with Gasteiger partial charge in [0.05, 0.1) is 0 Å². The molecule has 0 aliphatic carbocycles. The van der Waals surface area contributed by atoms with Crippen LogP contribution in [0, 0.1) is 0 Å². The van der Waals surface area contributed by atoms with Crippen molar-refractivity contribution in [2.45, 2.75) is 44.6 Å². The molecule has 0 aromatic rings. The summed E-state index contributed by atoms with van der Waals surface area (Å²) >= 11 is 0. The zero-order chi connectivity index (χ0) is 10.3. The molecule has 2 saturated heterocycles. The van der Waals surface area contributed by atoms with E-state index in [0.29, 0.717) is 0 Å². The van der Waals surface area contributed by atoms with Crippen molar-refractivity contribution in [1.29, 1.82) is 0 Å². The predicted molar refractivity (Wildman–Crippen MR) is 58.6 cm³/mol. The van der Waals surface area contributed by atoms with E-state index >= 15 is 0 Å². The fourth-order valence-corrected chi connectivity index (χ4v) is 2.05. The summed E-state index contributed by atoms with van der Waals surface area (Å²) < 4.78 is 11.5. The van der Waals surface area contributed by atoms with Crippen LogP contribution in [0.2, 0.25) is 0 Å². The first-order chi connectivity index (χ1) is 7.47. The Morgan fingerprint density at radius 3 is 1.87 bits per heavy atom. The van der Waals surface area contributed by atoms with E-state index in [0.717, 1.165) is 32.7 Å². The van der Waals surface area contributed by atoms with Crippen molar-refractivity contribution in [2.24, 2.45) is 0 Å². The Morgan fingerprint density at radius 1 is 0.667 bits per heavy atom. The molecule has 2 rings (SSSR count). The lowest BCUT2D eigenvalue weighted by molar-refractivity contribution is -0.100. The molecular formula is C11H22N2O2. The maximum absolute atomic E-state index is 5.78. The van der Waals surface area contributed by atoms with Gasteiger partial charge in [-0.2, -0.15) is 0 Å². The van der Waals surface area contributed by atoms with E-state index in [4.69, 9.17) is 9.47 Å². The van der Waals surface area contributed by atoms with Gasteiger partial charge in [0, 0.05) is 13.2 Å². The predicted octanol–water partition coefficient (Wildman–Crippen LogP) is 0.829. The van der Waals surface area contributed by atoms with Gasteiger partial charge in [0.2, 0.25) is 0 Å². The number of nitrogens with one attached hydrogen (secondary N) is 2. The molecule has 0 bridgehead atoms. The van der Waals surface area contributed by atoms with Crippen LogP contribution < -0.4 is 10.6 Å². The van der Waals surface area contributed by atoms with Gasteiger partial charge in [0.15, 0.2) is 0 Å². The molecular weight excluding hydrogens is 192 g/mol. The minimum atomic E-state index is 0.0309. The Kier molecular flexibility index (Phi) is 4.86. The molecule has 0 saturated carbocycles. The molecule has 2 aliphatic rings. The van der Waals surface area contributed by atoms with E-state index in [1.54, 1.807) is 0 Å². The molecule has 0 spiro atoms. The summed E-state index contributed by atoms with van der Waals surface area (Å²) in [4.78, 5) is 0. The Balaban J connectivity index is 1.82. The summed E-state index contributed by atoms with van der Waals surface area (Å²) in [7, 11) is 0. The fraction of sp³-hybridized carbons (Fsp3) is 1.00. The van der Waals surface area contributed by atoms with Gasteiger partial charge in [0.25, 0.3) is 0 Å². The van der Waals surface area contributed by atoms with E-state index in [-0.39, 0.29) is 12.5 Å². The van der Waals surface area contributed by atoms with Crippen molar-refractivity contribution >= 4 is 0 Å². The van der Waals surface area contributed by atoms with Crippen LogP contribution in [0.3, 0.4) is 0 Å². The van der Waals surface area contributed by atoms with Crippen molar-refractivity contribution in [3.05, 3.63) is 0 Å². The monoisotopic (exact) mass is 214 g/mol. The lowest BCUT2D eigenvalue weighted by Crippen LogP contribution is -2.51. The van der Waals surface area contributed by atoms with Crippen LogP contribution in [0.15, 0.2) is 0 Å². The summed E-state index contributed by atoms with van der Waals surface area (Å²) in [6.45, 7) is 3.76. The summed E-state index contributed by atoms with van der Waals surface area (Å²) in [5.41, 5.74) is 0. The molecule has 0 aromatic heterocycles. The van der Waals surface area contributed by atoms with Gasteiger partial charge >= 0.3 is 0 Å². The lowest BCUT2D eigenvalue weighted by Gasteiger charge is -2.29. The fourth-order valence-electron chi connectivity index (χ4n) is 2.05. The van der Waals surface area contributed by atoms with Gasteiger partial charge < -0.3 is 9.47 Å². The summed E-state index contributed by atoms with van der Waals surface area (Å²) in [6, 6.07) is 0. The second-order valence-corrected chi connectivity index (χ2v) is 4.26. The smallest absolute Gasteiger partial charge is 0.148 e. The Labute approximate surface area is 91.7 Å². The van der Waals surface area contributed by atoms with Gasteiger partial charge in [-0.05, 0) is 45.2 Å². The Bertz CT molecular complexity index is 162. The van der Waals surface area contributed by atoms with Crippen LogP contribution >= 0.6 is 0 Å². The van der Waals surface area contributed by atoms with Crippen LogP contribution in [0.4, 0.5) is 0 Å². The maximum Gasteiger partial charge on any atom is 0.148 e.